The number of nitrogens with zero attached hydrogens (tertiary/aromatic N) is 5. The van der Waals surface area contributed by atoms with E-state index in [2.05, 4.69) is 25.4 Å². The number of amides is 1. The monoisotopic (exact) mass is 344 g/mol. The minimum atomic E-state index is -0.133. The third-order valence-electron chi connectivity index (χ3n) is 3.96. The fourth-order valence-electron chi connectivity index (χ4n) is 2.67. The third-order valence-corrected chi connectivity index (χ3v) is 3.96. The maximum atomic E-state index is 12.2. The Labute approximate surface area is 149 Å². The topological polar surface area (TPSA) is 85.6 Å². The second kappa shape index (κ2) is 6.72. The number of pyridine rings is 3. The predicted octanol–water partition coefficient (Wildman–Crippen LogP) is 2.61. The second-order valence-corrected chi connectivity index (χ2v) is 5.94. The molecule has 26 heavy (non-hydrogen) atoms. The van der Waals surface area contributed by atoms with Crippen molar-refractivity contribution < 1.29 is 4.79 Å². The predicted molar refractivity (Wildman–Crippen MR) is 98.3 cm³/mol. The Hall–Kier alpha value is -3.61. The lowest BCUT2D eigenvalue weighted by Crippen LogP contribution is -2.15. The number of fused-ring (bicyclic) bond motifs is 1. The van der Waals surface area contributed by atoms with Gasteiger partial charge in [-0.3, -0.25) is 14.5 Å². The second-order valence-electron chi connectivity index (χ2n) is 5.94. The molecule has 0 saturated heterocycles. The van der Waals surface area contributed by atoms with Crippen LogP contribution in [0.4, 0.5) is 5.82 Å². The number of aryl methyl sites for hydroxylation is 1. The van der Waals surface area contributed by atoms with Gasteiger partial charge in [0.05, 0.1) is 23.8 Å². The van der Waals surface area contributed by atoms with Crippen LogP contribution in [0.1, 0.15) is 5.56 Å². The van der Waals surface area contributed by atoms with E-state index >= 15 is 0 Å². The van der Waals surface area contributed by atoms with E-state index < -0.39 is 0 Å². The van der Waals surface area contributed by atoms with Crippen molar-refractivity contribution >= 4 is 22.6 Å². The van der Waals surface area contributed by atoms with Gasteiger partial charge in [0.25, 0.3) is 0 Å². The molecule has 0 spiro atoms. The summed E-state index contributed by atoms with van der Waals surface area (Å²) in [5, 5.41) is 7.90. The van der Waals surface area contributed by atoms with Crippen LogP contribution < -0.4 is 5.32 Å². The number of rotatable bonds is 4. The number of nitrogens with one attached hydrogen (secondary N) is 1. The van der Waals surface area contributed by atoms with Gasteiger partial charge < -0.3 is 5.32 Å². The maximum Gasteiger partial charge on any atom is 0.229 e. The number of hydrogen-bond acceptors (Lipinski definition) is 5. The van der Waals surface area contributed by atoms with Gasteiger partial charge in [-0.2, -0.15) is 5.10 Å². The molecule has 0 saturated carbocycles. The average molecular weight is 344 g/mol. The van der Waals surface area contributed by atoms with Crippen molar-refractivity contribution in [1.82, 2.24) is 24.7 Å². The fourth-order valence-corrected chi connectivity index (χ4v) is 2.67. The number of aromatic nitrogens is 5. The Morgan fingerprint density at radius 1 is 1.15 bits per heavy atom. The first kappa shape index (κ1) is 15.9. The van der Waals surface area contributed by atoms with Gasteiger partial charge in [0.2, 0.25) is 5.91 Å². The molecule has 0 atom stereocenters. The Kier molecular flexibility index (Phi) is 4.10. The van der Waals surface area contributed by atoms with Gasteiger partial charge in [-0.15, -0.1) is 0 Å². The molecule has 7 nitrogen and oxygen atoms in total. The van der Waals surface area contributed by atoms with Crippen LogP contribution in [-0.4, -0.2) is 30.6 Å². The molecule has 0 aliphatic carbocycles. The molecule has 0 aromatic carbocycles. The van der Waals surface area contributed by atoms with Crippen molar-refractivity contribution in [1.29, 1.82) is 0 Å². The number of carbonyl (C=O) groups is 1. The maximum absolute atomic E-state index is 12.2. The van der Waals surface area contributed by atoms with Crippen molar-refractivity contribution in [2.24, 2.45) is 7.05 Å². The van der Waals surface area contributed by atoms with E-state index in [9.17, 15) is 4.79 Å². The first-order chi connectivity index (χ1) is 12.7. The lowest BCUT2D eigenvalue weighted by atomic mass is 10.2. The Morgan fingerprint density at radius 3 is 2.77 bits per heavy atom. The minimum absolute atomic E-state index is 0.133. The Bertz CT molecular complexity index is 1070. The van der Waals surface area contributed by atoms with E-state index in [1.807, 2.05) is 37.5 Å². The fraction of sp³-hybridized carbons (Fsp3) is 0.105. The van der Waals surface area contributed by atoms with Crippen molar-refractivity contribution in [2.75, 3.05) is 5.32 Å². The Morgan fingerprint density at radius 2 is 2.00 bits per heavy atom. The molecular weight excluding hydrogens is 328 g/mol. The molecule has 4 aromatic rings. The quantitative estimate of drug-likeness (QED) is 0.615. The van der Waals surface area contributed by atoms with E-state index in [1.54, 1.807) is 35.5 Å². The molecular formula is C19H16N6O. The molecule has 4 rings (SSSR count). The summed E-state index contributed by atoms with van der Waals surface area (Å²) >= 11 is 0. The van der Waals surface area contributed by atoms with E-state index in [4.69, 9.17) is 0 Å². The highest BCUT2D eigenvalue weighted by molar-refractivity contribution is 5.93. The van der Waals surface area contributed by atoms with Crippen molar-refractivity contribution in [2.45, 2.75) is 6.42 Å². The molecule has 0 unspecified atom stereocenters. The van der Waals surface area contributed by atoms with Gasteiger partial charge >= 0.3 is 0 Å². The summed E-state index contributed by atoms with van der Waals surface area (Å²) in [6, 6.07) is 9.30. The highest BCUT2D eigenvalue weighted by Gasteiger charge is 2.08. The summed E-state index contributed by atoms with van der Waals surface area (Å²) in [5.41, 5.74) is 3.43. The van der Waals surface area contributed by atoms with Gasteiger partial charge in [0.1, 0.15) is 5.82 Å². The van der Waals surface area contributed by atoms with Crippen LogP contribution in [0.5, 0.6) is 0 Å². The van der Waals surface area contributed by atoms with Crippen molar-refractivity contribution in [3.63, 3.8) is 0 Å². The molecule has 0 radical (unpaired) electrons. The van der Waals surface area contributed by atoms with Gasteiger partial charge in [0.15, 0.2) is 0 Å². The zero-order valence-corrected chi connectivity index (χ0v) is 14.1. The molecule has 0 aliphatic heterocycles. The van der Waals surface area contributed by atoms with Crippen LogP contribution in [0.3, 0.4) is 0 Å². The molecule has 4 aromatic heterocycles. The minimum Gasteiger partial charge on any atom is -0.310 e. The van der Waals surface area contributed by atoms with Crippen LogP contribution in [0, 0.1) is 0 Å². The zero-order valence-electron chi connectivity index (χ0n) is 14.1. The molecule has 7 heteroatoms. The standard InChI is InChI=1S/C19H16N6O/c1-25-12-15(11-22-25)16-3-2-14-10-21-18(9-17(14)23-16)24-19(26)8-13-4-6-20-7-5-13/h2-7,9-12H,8H2,1H3,(H,21,24,26). The molecule has 1 N–H and O–H groups in total. The smallest absolute Gasteiger partial charge is 0.229 e. The van der Waals surface area contributed by atoms with E-state index in [-0.39, 0.29) is 12.3 Å². The normalized spacial score (nSPS) is 10.8. The largest absolute Gasteiger partial charge is 0.310 e. The summed E-state index contributed by atoms with van der Waals surface area (Å²) in [6.45, 7) is 0. The summed E-state index contributed by atoms with van der Waals surface area (Å²) < 4.78 is 1.73. The highest BCUT2D eigenvalue weighted by atomic mass is 16.1. The SMILES string of the molecule is Cn1cc(-c2ccc3cnc(NC(=O)Cc4ccncc4)cc3n2)cn1. The van der Waals surface area contributed by atoms with Crippen molar-refractivity contribution in [3.05, 3.63) is 66.9 Å². The average Bonchev–Trinajstić information content (AvgIpc) is 3.08. The molecule has 4 heterocycles. The molecule has 0 aliphatic rings. The summed E-state index contributed by atoms with van der Waals surface area (Å²) in [4.78, 5) is 25.1. The van der Waals surface area contributed by atoms with Crippen LogP contribution in [0.25, 0.3) is 22.2 Å². The van der Waals surface area contributed by atoms with Crippen LogP contribution in [0.2, 0.25) is 0 Å². The van der Waals surface area contributed by atoms with Gasteiger partial charge in [-0.25, -0.2) is 9.97 Å². The van der Waals surface area contributed by atoms with Gasteiger partial charge in [-0.1, -0.05) is 0 Å². The molecule has 1 amide bonds. The van der Waals surface area contributed by atoms with Crippen molar-refractivity contribution in [3.8, 4) is 11.3 Å². The van der Waals surface area contributed by atoms with Crippen LogP contribution in [0.15, 0.2) is 61.3 Å². The molecule has 0 fully saturated rings. The zero-order chi connectivity index (χ0) is 17.9. The number of anilines is 1. The molecule has 128 valence electrons. The Balaban J connectivity index is 1.57. The van der Waals surface area contributed by atoms with Crippen LogP contribution in [-0.2, 0) is 18.3 Å². The summed E-state index contributed by atoms with van der Waals surface area (Å²) in [5.74, 6) is 0.346. The van der Waals surface area contributed by atoms with E-state index in [0.717, 1.165) is 27.7 Å². The highest BCUT2D eigenvalue weighted by Crippen LogP contribution is 2.21. The first-order valence-electron chi connectivity index (χ1n) is 8.12. The lowest BCUT2D eigenvalue weighted by Gasteiger charge is -2.06. The summed E-state index contributed by atoms with van der Waals surface area (Å²) in [6.07, 6.45) is 8.99. The van der Waals surface area contributed by atoms with Gasteiger partial charge in [-0.05, 0) is 29.8 Å². The first-order valence-corrected chi connectivity index (χ1v) is 8.12. The molecule has 0 bridgehead atoms. The lowest BCUT2D eigenvalue weighted by molar-refractivity contribution is -0.115. The van der Waals surface area contributed by atoms with Crippen LogP contribution >= 0.6 is 0 Å². The summed E-state index contributed by atoms with van der Waals surface area (Å²) in [7, 11) is 1.87. The number of carbonyl (C=O) groups excluding carboxylic acids is 1. The third kappa shape index (κ3) is 3.41. The van der Waals surface area contributed by atoms with E-state index in [0.29, 0.717) is 5.82 Å². The van der Waals surface area contributed by atoms with Gasteiger partial charge in [0, 0.05) is 48.9 Å². The number of hydrogen-bond donors (Lipinski definition) is 1. The van der Waals surface area contributed by atoms with E-state index in [1.165, 1.54) is 0 Å².